The number of carbonyl (C=O) groups is 1. The normalized spacial score (nSPS) is 12.7. The first-order chi connectivity index (χ1) is 7.19. The second-order valence-electron chi connectivity index (χ2n) is 3.82. The van der Waals surface area contributed by atoms with Gasteiger partial charge in [-0.2, -0.15) is 5.10 Å². The minimum Gasteiger partial charge on any atom is -0.299 e. The van der Waals surface area contributed by atoms with Crippen molar-refractivity contribution >= 4 is 5.78 Å². The number of aryl methyl sites for hydroxylation is 1. The Morgan fingerprint density at radius 3 is 2.87 bits per heavy atom. The monoisotopic (exact) mass is 209 g/mol. The number of nitrogens with zero attached hydrogens (tertiary/aromatic N) is 3. The van der Waals surface area contributed by atoms with Gasteiger partial charge < -0.3 is 0 Å². The number of ketones is 1. The molecule has 84 valence electrons. The fraction of sp³-hybridized carbons (Fsp3) is 0.727. The van der Waals surface area contributed by atoms with Crippen LogP contribution < -0.4 is 0 Å². The summed E-state index contributed by atoms with van der Waals surface area (Å²) in [5.41, 5.74) is 0. The molecule has 4 nitrogen and oxygen atoms in total. The van der Waals surface area contributed by atoms with Crippen LogP contribution in [0.2, 0.25) is 0 Å². The fourth-order valence-electron chi connectivity index (χ4n) is 1.58. The lowest BCUT2D eigenvalue weighted by Gasteiger charge is -2.09. The zero-order valence-electron chi connectivity index (χ0n) is 9.73. The second kappa shape index (κ2) is 5.63. The average molecular weight is 209 g/mol. The summed E-state index contributed by atoms with van der Waals surface area (Å²) in [6.45, 7) is 6.83. The third-order valence-electron chi connectivity index (χ3n) is 2.52. The minimum absolute atomic E-state index is 0.0507. The first-order valence-corrected chi connectivity index (χ1v) is 5.58. The summed E-state index contributed by atoms with van der Waals surface area (Å²) in [6, 6.07) is 0. The SMILES string of the molecule is CCCn1ncnc1CC(C)C(=O)CC. The van der Waals surface area contributed by atoms with Crippen LogP contribution in [0, 0.1) is 5.92 Å². The molecule has 0 saturated carbocycles. The molecule has 0 aliphatic carbocycles. The summed E-state index contributed by atoms with van der Waals surface area (Å²) in [5, 5.41) is 4.14. The van der Waals surface area contributed by atoms with Gasteiger partial charge in [-0.05, 0) is 6.42 Å². The molecular formula is C11H19N3O. The van der Waals surface area contributed by atoms with Crippen LogP contribution in [0.15, 0.2) is 6.33 Å². The molecule has 4 heteroatoms. The molecule has 0 saturated heterocycles. The molecule has 1 atom stereocenters. The van der Waals surface area contributed by atoms with Crippen molar-refractivity contribution < 1.29 is 4.79 Å². The number of Topliss-reactive ketones (excluding diaryl/α,β-unsaturated/α-hetero) is 1. The molecular weight excluding hydrogens is 190 g/mol. The second-order valence-corrected chi connectivity index (χ2v) is 3.82. The van der Waals surface area contributed by atoms with E-state index >= 15 is 0 Å². The van der Waals surface area contributed by atoms with Crippen LogP contribution in [0.4, 0.5) is 0 Å². The molecule has 15 heavy (non-hydrogen) atoms. The Morgan fingerprint density at radius 2 is 2.27 bits per heavy atom. The van der Waals surface area contributed by atoms with Gasteiger partial charge in [-0.1, -0.05) is 20.8 Å². The highest BCUT2D eigenvalue weighted by Crippen LogP contribution is 2.08. The number of aromatic nitrogens is 3. The minimum atomic E-state index is 0.0507. The standard InChI is InChI=1S/C11H19N3O/c1-4-6-14-11(12-8-13-14)7-9(3)10(15)5-2/h8-9H,4-7H2,1-3H3. The largest absolute Gasteiger partial charge is 0.299 e. The molecule has 0 fully saturated rings. The lowest BCUT2D eigenvalue weighted by atomic mass is 10.0. The zero-order chi connectivity index (χ0) is 11.3. The van der Waals surface area contributed by atoms with Crippen molar-refractivity contribution in [1.82, 2.24) is 14.8 Å². The molecule has 0 spiro atoms. The maximum atomic E-state index is 11.4. The quantitative estimate of drug-likeness (QED) is 0.718. The van der Waals surface area contributed by atoms with Crippen LogP contribution in [0.5, 0.6) is 0 Å². The maximum absolute atomic E-state index is 11.4. The molecule has 0 aliphatic rings. The topological polar surface area (TPSA) is 47.8 Å². The first kappa shape index (κ1) is 11.9. The van der Waals surface area contributed by atoms with E-state index in [1.165, 1.54) is 0 Å². The van der Waals surface area contributed by atoms with Crippen LogP contribution in [-0.4, -0.2) is 20.5 Å². The Kier molecular flexibility index (Phi) is 4.46. The van der Waals surface area contributed by atoms with Gasteiger partial charge in [0.15, 0.2) is 0 Å². The van der Waals surface area contributed by atoms with Gasteiger partial charge in [-0.25, -0.2) is 4.98 Å². The third kappa shape index (κ3) is 3.15. The van der Waals surface area contributed by atoms with Crippen LogP contribution in [-0.2, 0) is 17.8 Å². The van der Waals surface area contributed by atoms with Gasteiger partial charge in [0.2, 0.25) is 0 Å². The fourth-order valence-corrected chi connectivity index (χ4v) is 1.58. The van der Waals surface area contributed by atoms with Gasteiger partial charge in [-0.15, -0.1) is 0 Å². The molecule has 1 unspecified atom stereocenters. The summed E-state index contributed by atoms with van der Waals surface area (Å²) >= 11 is 0. The molecule has 1 rings (SSSR count). The summed E-state index contributed by atoms with van der Waals surface area (Å²) in [4.78, 5) is 15.6. The molecule has 1 aromatic heterocycles. The first-order valence-electron chi connectivity index (χ1n) is 5.58. The van der Waals surface area contributed by atoms with E-state index in [2.05, 4.69) is 17.0 Å². The van der Waals surface area contributed by atoms with E-state index < -0.39 is 0 Å². The Balaban J connectivity index is 2.63. The predicted molar refractivity (Wildman–Crippen MR) is 58.5 cm³/mol. The van der Waals surface area contributed by atoms with Gasteiger partial charge in [0.1, 0.15) is 17.9 Å². The smallest absolute Gasteiger partial charge is 0.138 e. The van der Waals surface area contributed by atoms with Crippen molar-refractivity contribution in [2.24, 2.45) is 5.92 Å². The van der Waals surface area contributed by atoms with Gasteiger partial charge >= 0.3 is 0 Å². The highest BCUT2D eigenvalue weighted by molar-refractivity contribution is 5.80. The molecule has 1 aromatic rings. The van der Waals surface area contributed by atoms with E-state index in [0.717, 1.165) is 18.8 Å². The summed E-state index contributed by atoms with van der Waals surface area (Å²) < 4.78 is 1.89. The van der Waals surface area contributed by atoms with Gasteiger partial charge in [-0.3, -0.25) is 9.48 Å². The van der Waals surface area contributed by atoms with Crippen LogP contribution >= 0.6 is 0 Å². The number of hydrogen-bond acceptors (Lipinski definition) is 3. The highest BCUT2D eigenvalue weighted by Gasteiger charge is 2.14. The number of carbonyl (C=O) groups excluding carboxylic acids is 1. The molecule has 0 bridgehead atoms. The van der Waals surface area contributed by atoms with E-state index in [-0.39, 0.29) is 5.92 Å². The molecule has 0 N–H and O–H groups in total. The molecule has 0 aromatic carbocycles. The lowest BCUT2D eigenvalue weighted by molar-refractivity contribution is -0.122. The predicted octanol–water partition coefficient (Wildman–Crippen LogP) is 1.85. The van der Waals surface area contributed by atoms with Crippen molar-refractivity contribution in [3.8, 4) is 0 Å². The third-order valence-corrected chi connectivity index (χ3v) is 2.52. The molecule has 1 heterocycles. The Morgan fingerprint density at radius 1 is 1.53 bits per heavy atom. The van der Waals surface area contributed by atoms with Crippen molar-refractivity contribution in [2.45, 2.75) is 46.6 Å². The maximum Gasteiger partial charge on any atom is 0.138 e. The lowest BCUT2D eigenvalue weighted by Crippen LogP contribution is -2.16. The van der Waals surface area contributed by atoms with E-state index in [9.17, 15) is 4.79 Å². The van der Waals surface area contributed by atoms with Gasteiger partial charge in [0.25, 0.3) is 0 Å². The molecule has 0 radical (unpaired) electrons. The van der Waals surface area contributed by atoms with E-state index in [4.69, 9.17) is 0 Å². The van der Waals surface area contributed by atoms with E-state index in [1.54, 1.807) is 6.33 Å². The zero-order valence-corrected chi connectivity index (χ0v) is 9.73. The van der Waals surface area contributed by atoms with Crippen LogP contribution in [0.3, 0.4) is 0 Å². The van der Waals surface area contributed by atoms with E-state index in [0.29, 0.717) is 18.6 Å². The molecule has 0 aliphatic heterocycles. The van der Waals surface area contributed by atoms with Crippen molar-refractivity contribution in [1.29, 1.82) is 0 Å². The van der Waals surface area contributed by atoms with Gasteiger partial charge in [0, 0.05) is 25.3 Å². The van der Waals surface area contributed by atoms with Crippen LogP contribution in [0.25, 0.3) is 0 Å². The summed E-state index contributed by atoms with van der Waals surface area (Å²) in [6.07, 6.45) is 3.90. The summed E-state index contributed by atoms with van der Waals surface area (Å²) in [7, 11) is 0. The summed E-state index contributed by atoms with van der Waals surface area (Å²) in [5.74, 6) is 1.27. The van der Waals surface area contributed by atoms with Crippen LogP contribution in [0.1, 0.15) is 39.4 Å². The van der Waals surface area contributed by atoms with Crippen molar-refractivity contribution in [3.05, 3.63) is 12.2 Å². The Hall–Kier alpha value is -1.19. The number of rotatable bonds is 6. The van der Waals surface area contributed by atoms with Crippen molar-refractivity contribution in [2.75, 3.05) is 0 Å². The van der Waals surface area contributed by atoms with Gasteiger partial charge in [0.05, 0.1) is 0 Å². The highest BCUT2D eigenvalue weighted by atomic mass is 16.1. The van der Waals surface area contributed by atoms with Crippen molar-refractivity contribution in [3.63, 3.8) is 0 Å². The van der Waals surface area contributed by atoms with E-state index in [1.807, 2.05) is 18.5 Å². The Labute approximate surface area is 90.7 Å². The Bertz CT molecular complexity index is 319. The average Bonchev–Trinajstić information content (AvgIpc) is 2.65. The molecule has 0 amide bonds. The number of hydrogen-bond donors (Lipinski definition) is 0.